The van der Waals surface area contributed by atoms with E-state index >= 15 is 0 Å². The van der Waals surface area contributed by atoms with Gasteiger partial charge in [0.15, 0.2) is 0 Å². The molecule has 28 heavy (non-hydrogen) atoms. The van der Waals surface area contributed by atoms with E-state index in [4.69, 9.17) is 4.74 Å². The molecule has 1 amide bonds. The molecule has 0 aliphatic carbocycles. The number of halogens is 3. The molecule has 150 valence electrons. The molecule has 1 aliphatic heterocycles. The number of carbonyl (C=O) groups excluding carboxylic acids is 1. The Hall–Kier alpha value is -2.14. The third kappa shape index (κ3) is 4.46. The van der Waals surface area contributed by atoms with Gasteiger partial charge in [-0.1, -0.05) is 12.1 Å². The molecule has 7 nitrogen and oxygen atoms in total. The van der Waals surface area contributed by atoms with Crippen molar-refractivity contribution in [2.75, 3.05) is 13.1 Å². The number of benzene rings is 1. The number of nitrogens with zero attached hydrogens (tertiary/aromatic N) is 3. The summed E-state index contributed by atoms with van der Waals surface area (Å²) >= 11 is 3.22. The average molecular weight is 476 g/mol. The maximum atomic E-state index is 13.0. The zero-order chi connectivity index (χ0) is 20.3. The fourth-order valence-electron chi connectivity index (χ4n) is 2.89. The van der Waals surface area contributed by atoms with Crippen molar-refractivity contribution < 1.29 is 26.7 Å². The van der Waals surface area contributed by atoms with Gasteiger partial charge in [-0.2, -0.15) is 8.78 Å². The molecule has 1 unspecified atom stereocenters. The highest BCUT2D eigenvalue weighted by Gasteiger charge is 2.33. The van der Waals surface area contributed by atoms with Crippen molar-refractivity contribution in [3.05, 3.63) is 46.7 Å². The smallest absolute Gasteiger partial charge is 0.341 e. The van der Waals surface area contributed by atoms with Crippen LogP contribution in [-0.4, -0.2) is 54.1 Å². The molecule has 2 heterocycles. The van der Waals surface area contributed by atoms with E-state index in [9.17, 15) is 22.0 Å². The van der Waals surface area contributed by atoms with E-state index in [2.05, 4.69) is 25.9 Å². The summed E-state index contributed by atoms with van der Waals surface area (Å²) < 4.78 is 56.1. The van der Waals surface area contributed by atoms with Crippen molar-refractivity contribution in [1.82, 2.24) is 14.9 Å². The molecule has 1 saturated heterocycles. The quantitative estimate of drug-likeness (QED) is 0.660. The standard InChI is InChI=1S/C17H16BrF2N3O4S/c18-11-8-21-17(22-9-11)27-12-4-3-7-23(10-12)15(24)13-5-1-2-6-14(13)28(25,26)16(19)20/h1-2,5-6,8-9,12,16H,3-4,7,10H2. The molecule has 1 aromatic heterocycles. The first kappa shape index (κ1) is 20.6. The van der Waals surface area contributed by atoms with Crippen molar-refractivity contribution in [1.29, 1.82) is 0 Å². The molecular weight excluding hydrogens is 460 g/mol. The summed E-state index contributed by atoms with van der Waals surface area (Å²) in [6.45, 7) is 0.532. The Labute approximate surface area is 168 Å². The van der Waals surface area contributed by atoms with E-state index in [0.717, 1.165) is 6.07 Å². The van der Waals surface area contributed by atoms with Gasteiger partial charge in [-0.3, -0.25) is 4.79 Å². The second-order valence-electron chi connectivity index (χ2n) is 6.12. The van der Waals surface area contributed by atoms with Gasteiger partial charge in [-0.15, -0.1) is 0 Å². The van der Waals surface area contributed by atoms with Crippen molar-refractivity contribution in [2.45, 2.75) is 29.6 Å². The summed E-state index contributed by atoms with van der Waals surface area (Å²) in [7, 11) is -4.89. The highest BCUT2D eigenvalue weighted by atomic mass is 79.9. The minimum atomic E-state index is -4.89. The number of hydrogen-bond acceptors (Lipinski definition) is 6. The number of likely N-dealkylation sites (tertiary alicyclic amines) is 1. The summed E-state index contributed by atoms with van der Waals surface area (Å²) in [4.78, 5) is 21.6. The van der Waals surface area contributed by atoms with E-state index in [0.29, 0.717) is 23.9 Å². The molecule has 0 spiro atoms. The maximum Gasteiger partial charge on any atom is 0.341 e. The number of aromatic nitrogens is 2. The van der Waals surface area contributed by atoms with Gasteiger partial charge in [0.2, 0.25) is 9.84 Å². The first-order valence-corrected chi connectivity index (χ1v) is 10.7. The van der Waals surface area contributed by atoms with Crippen LogP contribution in [-0.2, 0) is 9.84 Å². The van der Waals surface area contributed by atoms with Crippen LogP contribution in [0.4, 0.5) is 8.78 Å². The summed E-state index contributed by atoms with van der Waals surface area (Å²) in [5, 5.41) is 0. The molecule has 2 aromatic rings. The van der Waals surface area contributed by atoms with Crippen LogP contribution >= 0.6 is 15.9 Å². The zero-order valence-electron chi connectivity index (χ0n) is 14.5. The average Bonchev–Trinajstić information content (AvgIpc) is 2.69. The van der Waals surface area contributed by atoms with Gasteiger partial charge in [0.25, 0.3) is 5.91 Å². The predicted octanol–water partition coefficient (Wildman–Crippen LogP) is 2.92. The van der Waals surface area contributed by atoms with Gasteiger partial charge >= 0.3 is 11.8 Å². The monoisotopic (exact) mass is 475 g/mol. The van der Waals surface area contributed by atoms with Gasteiger partial charge in [0, 0.05) is 18.9 Å². The highest BCUT2D eigenvalue weighted by Crippen LogP contribution is 2.25. The van der Waals surface area contributed by atoms with Crippen LogP contribution in [0.3, 0.4) is 0 Å². The number of rotatable bonds is 5. The minimum absolute atomic E-state index is 0.156. The minimum Gasteiger partial charge on any atom is -0.458 e. The summed E-state index contributed by atoms with van der Waals surface area (Å²) in [5.41, 5.74) is -0.275. The fraction of sp³-hybridized carbons (Fsp3) is 0.353. The predicted molar refractivity (Wildman–Crippen MR) is 98.9 cm³/mol. The largest absolute Gasteiger partial charge is 0.458 e. The van der Waals surface area contributed by atoms with Gasteiger partial charge in [-0.05, 0) is 40.9 Å². The first-order chi connectivity index (χ1) is 13.3. The van der Waals surface area contributed by atoms with Crippen molar-refractivity contribution in [3.63, 3.8) is 0 Å². The van der Waals surface area contributed by atoms with Crippen LogP contribution in [0.1, 0.15) is 23.2 Å². The number of alkyl halides is 2. The Morgan fingerprint density at radius 3 is 2.61 bits per heavy atom. The second-order valence-corrected chi connectivity index (χ2v) is 8.92. The van der Waals surface area contributed by atoms with E-state index in [1.54, 1.807) is 0 Å². The normalized spacial score (nSPS) is 17.6. The van der Waals surface area contributed by atoms with Crippen molar-refractivity contribution in [3.8, 4) is 6.01 Å². The van der Waals surface area contributed by atoms with E-state index in [-0.39, 0.29) is 18.1 Å². The lowest BCUT2D eigenvalue weighted by Gasteiger charge is -2.32. The molecule has 0 bridgehead atoms. The Bertz CT molecular complexity index is 957. The van der Waals surface area contributed by atoms with Gasteiger partial charge in [0.1, 0.15) is 6.10 Å². The lowest BCUT2D eigenvalue weighted by atomic mass is 10.1. The SMILES string of the molecule is O=C(c1ccccc1S(=O)(=O)C(F)F)N1CCCC(Oc2ncc(Br)cn2)C1. The van der Waals surface area contributed by atoms with Crippen LogP contribution in [0.5, 0.6) is 6.01 Å². The van der Waals surface area contributed by atoms with Gasteiger partial charge in [-0.25, -0.2) is 18.4 Å². The second kappa shape index (κ2) is 8.48. The third-order valence-corrected chi connectivity index (χ3v) is 6.04. The zero-order valence-corrected chi connectivity index (χ0v) is 16.9. The summed E-state index contributed by atoms with van der Waals surface area (Å²) in [5.74, 6) is -4.24. The molecule has 0 radical (unpaired) electrons. The van der Waals surface area contributed by atoms with Gasteiger partial charge in [0.05, 0.1) is 21.5 Å². The fourth-order valence-corrected chi connectivity index (χ4v) is 4.01. The number of piperidine rings is 1. The molecule has 1 fully saturated rings. The number of carbonyl (C=O) groups is 1. The van der Waals surface area contributed by atoms with Crippen LogP contribution in [0.15, 0.2) is 46.0 Å². The lowest BCUT2D eigenvalue weighted by molar-refractivity contribution is 0.0512. The number of amides is 1. The number of sulfone groups is 1. The van der Waals surface area contributed by atoms with E-state index < -0.39 is 32.5 Å². The van der Waals surface area contributed by atoms with E-state index in [1.165, 1.54) is 35.5 Å². The van der Waals surface area contributed by atoms with Crippen molar-refractivity contribution in [2.24, 2.45) is 0 Å². The third-order valence-electron chi connectivity index (χ3n) is 4.19. The van der Waals surface area contributed by atoms with Crippen LogP contribution in [0.25, 0.3) is 0 Å². The Balaban J connectivity index is 1.79. The first-order valence-electron chi connectivity index (χ1n) is 8.33. The molecule has 1 aromatic carbocycles. The molecular formula is C17H16BrF2N3O4S. The van der Waals surface area contributed by atoms with Gasteiger partial charge < -0.3 is 9.64 Å². The Morgan fingerprint density at radius 2 is 1.93 bits per heavy atom. The molecule has 1 atom stereocenters. The molecule has 1 aliphatic rings. The van der Waals surface area contributed by atoms with Crippen LogP contribution in [0.2, 0.25) is 0 Å². The molecule has 0 saturated carbocycles. The summed E-state index contributed by atoms with van der Waals surface area (Å²) in [6, 6.07) is 5.15. The Kier molecular flexibility index (Phi) is 6.23. The lowest BCUT2D eigenvalue weighted by Crippen LogP contribution is -2.45. The Morgan fingerprint density at radius 1 is 1.25 bits per heavy atom. The number of hydrogen-bond donors (Lipinski definition) is 0. The van der Waals surface area contributed by atoms with Crippen LogP contribution < -0.4 is 4.74 Å². The van der Waals surface area contributed by atoms with Crippen LogP contribution in [0, 0.1) is 0 Å². The van der Waals surface area contributed by atoms with E-state index in [1.807, 2.05) is 0 Å². The molecule has 0 N–H and O–H groups in total. The van der Waals surface area contributed by atoms with Crippen molar-refractivity contribution >= 4 is 31.7 Å². The summed E-state index contributed by atoms with van der Waals surface area (Å²) in [6.07, 6.45) is 3.92. The maximum absolute atomic E-state index is 13.0. The molecule has 11 heteroatoms. The number of ether oxygens (including phenoxy) is 1. The highest BCUT2D eigenvalue weighted by molar-refractivity contribution is 9.10. The molecule has 3 rings (SSSR count). The topological polar surface area (TPSA) is 89.5 Å².